The lowest BCUT2D eigenvalue weighted by Gasteiger charge is -2.25. The van der Waals surface area contributed by atoms with E-state index in [0.717, 1.165) is 0 Å². The van der Waals surface area contributed by atoms with Crippen molar-refractivity contribution in [3.05, 3.63) is 65.7 Å². The van der Waals surface area contributed by atoms with Gasteiger partial charge in [0.15, 0.2) is 6.61 Å². The zero-order valence-corrected chi connectivity index (χ0v) is 16.5. The van der Waals surface area contributed by atoms with E-state index in [-0.39, 0.29) is 11.3 Å². The first-order valence-electron chi connectivity index (χ1n) is 9.24. The third-order valence-electron chi connectivity index (χ3n) is 4.75. The van der Waals surface area contributed by atoms with Gasteiger partial charge in [0.1, 0.15) is 11.3 Å². The summed E-state index contributed by atoms with van der Waals surface area (Å²) in [5.41, 5.74) is 1.91. The van der Waals surface area contributed by atoms with Gasteiger partial charge in [-0.05, 0) is 30.2 Å². The maximum absolute atomic E-state index is 13.0. The van der Waals surface area contributed by atoms with Gasteiger partial charge in [0.2, 0.25) is 0 Å². The average Bonchev–Trinajstić information content (AvgIpc) is 3.03. The molecule has 1 atom stereocenters. The minimum Gasteiger partial charge on any atom is -0.484 e. The van der Waals surface area contributed by atoms with Crippen LogP contribution < -0.4 is 15.5 Å². The lowest BCUT2D eigenvalue weighted by Crippen LogP contribution is -2.49. The summed E-state index contributed by atoms with van der Waals surface area (Å²) in [6.45, 7) is 1.31. The van der Waals surface area contributed by atoms with Crippen molar-refractivity contribution in [3.8, 4) is 5.75 Å². The molecule has 0 bridgehead atoms. The van der Waals surface area contributed by atoms with Gasteiger partial charge in [0, 0.05) is 0 Å². The number of hydrogen-bond acceptors (Lipinski definition) is 6. The minimum atomic E-state index is -1.25. The molecule has 9 heteroatoms. The number of ether oxygens (including phenoxy) is 2. The van der Waals surface area contributed by atoms with E-state index in [9.17, 15) is 19.2 Å². The van der Waals surface area contributed by atoms with Gasteiger partial charge < -0.3 is 14.8 Å². The number of imide groups is 1. The largest absolute Gasteiger partial charge is 0.484 e. The molecule has 1 heterocycles. The highest BCUT2D eigenvalue weighted by Gasteiger charge is 2.52. The van der Waals surface area contributed by atoms with E-state index in [4.69, 9.17) is 4.74 Å². The zero-order chi connectivity index (χ0) is 21.7. The molecule has 2 aromatic rings. The molecule has 1 saturated heterocycles. The number of amides is 4. The fraction of sp³-hybridized carbons (Fsp3) is 0.238. The van der Waals surface area contributed by atoms with Crippen molar-refractivity contribution >= 4 is 23.8 Å². The summed E-state index contributed by atoms with van der Waals surface area (Å²) in [4.78, 5) is 49.2. The van der Waals surface area contributed by atoms with Crippen LogP contribution in [0.3, 0.4) is 0 Å². The first-order chi connectivity index (χ1) is 14.4. The van der Waals surface area contributed by atoms with Crippen molar-refractivity contribution in [2.45, 2.75) is 18.9 Å². The number of carbonyl (C=O) groups excluding carboxylic acids is 4. The Labute approximate surface area is 172 Å². The third-order valence-corrected chi connectivity index (χ3v) is 4.75. The van der Waals surface area contributed by atoms with Crippen molar-refractivity contribution in [3.63, 3.8) is 0 Å². The molecular weight excluding hydrogens is 390 g/mol. The molecule has 0 saturated carbocycles. The molecule has 0 aliphatic carbocycles. The van der Waals surface area contributed by atoms with Gasteiger partial charge in [0.05, 0.1) is 12.7 Å². The number of nitrogens with zero attached hydrogens (tertiary/aromatic N) is 1. The quantitative estimate of drug-likeness (QED) is 0.530. The highest BCUT2D eigenvalue weighted by molar-refractivity contribution is 6.08. The molecule has 4 amide bonds. The van der Waals surface area contributed by atoms with Crippen molar-refractivity contribution < 1.29 is 28.7 Å². The van der Waals surface area contributed by atoms with Gasteiger partial charge >= 0.3 is 12.0 Å². The van der Waals surface area contributed by atoms with Crippen LogP contribution >= 0.6 is 0 Å². The predicted molar refractivity (Wildman–Crippen MR) is 105 cm³/mol. The first-order valence-corrected chi connectivity index (χ1v) is 9.24. The maximum atomic E-state index is 13.0. The predicted octanol–water partition coefficient (Wildman–Crippen LogP) is 1.74. The highest BCUT2D eigenvalue weighted by atomic mass is 16.5. The normalized spacial score (nSPS) is 18.0. The Morgan fingerprint density at radius 2 is 1.83 bits per heavy atom. The Balaban J connectivity index is 1.66. The van der Waals surface area contributed by atoms with Gasteiger partial charge in [-0.2, -0.15) is 5.01 Å². The number of urea groups is 1. The molecular formula is C21H21N3O6. The number of hydrogen-bond donors (Lipinski definition) is 2. The zero-order valence-electron chi connectivity index (χ0n) is 16.5. The van der Waals surface area contributed by atoms with Gasteiger partial charge in [-0.15, -0.1) is 0 Å². The minimum absolute atomic E-state index is 0.262. The Bertz CT molecular complexity index is 978. The number of benzene rings is 2. The molecule has 2 aromatic carbocycles. The molecule has 0 unspecified atom stereocenters. The van der Waals surface area contributed by atoms with E-state index in [0.29, 0.717) is 17.0 Å². The average molecular weight is 411 g/mol. The second-order valence-corrected chi connectivity index (χ2v) is 6.54. The molecule has 0 spiro atoms. The highest BCUT2D eigenvalue weighted by Crippen LogP contribution is 2.31. The first kappa shape index (κ1) is 20.8. The third kappa shape index (κ3) is 3.95. The van der Waals surface area contributed by atoms with E-state index in [2.05, 4.69) is 15.5 Å². The van der Waals surface area contributed by atoms with E-state index in [1.54, 1.807) is 55.5 Å². The van der Waals surface area contributed by atoms with Gasteiger partial charge in [-0.1, -0.05) is 43.3 Å². The number of esters is 1. The van der Waals surface area contributed by atoms with E-state index < -0.39 is 36.0 Å². The number of methoxy groups -OCH3 is 1. The Morgan fingerprint density at radius 1 is 1.10 bits per heavy atom. The summed E-state index contributed by atoms with van der Waals surface area (Å²) >= 11 is 0. The van der Waals surface area contributed by atoms with Crippen LogP contribution in [0.5, 0.6) is 5.75 Å². The van der Waals surface area contributed by atoms with Crippen LogP contribution in [0.1, 0.15) is 29.3 Å². The monoisotopic (exact) mass is 411 g/mol. The summed E-state index contributed by atoms with van der Waals surface area (Å²) < 4.78 is 9.99. The standard InChI is InChI=1S/C21H21N3O6/c1-3-21(15-9-5-4-6-10-15)19(27)24(20(28)22-21)23-17(25)13-30-16-11-7-8-14(12-16)18(26)29-2/h4-12H,3,13H2,1-2H3,(H,22,28)(H,23,25)/t21-/m1/s1. The molecule has 9 nitrogen and oxygen atoms in total. The fourth-order valence-electron chi connectivity index (χ4n) is 3.18. The van der Waals surface area contributed by atoms with Crippen molar-refractivity contribution in [1.29, 1.82) is 0 Å². The van der Waals surface area contributed by atoms with Crippen LogP contribution in [-0.2, 0) is 19.9 Å². The van der Waals surface area contributed by atoms with Gasteiger partial charge in [-0.25, -0.2) is 9.59 Å². The maximum Gasteiger partial charge on any atom is 0.344 e. The Kier molecular flexibility index (Phi) is 6.01. The Hall–Kier alpha value is -3.88. The van der Waals surface area contributed by atoms with Crippen LogP contribution in [0.2, 0.25) is 0 Å². The van der Waals surface area contributed by atoms with Crippen molar-refractivity contribution in [2.75, 3.05) is 13.7 Å². The number of nitrogens with one attached hydrogen (secondary N) is 2. The van der Waals surface area contributed by atoms with Crippen LogP contribution in [0.4, 0.5) is 4.79 Å². The summed E-state index contributed by atoms with van der Waals surface area (Å²) in [5.74, 6) is -1.57. The van der Waals surface area contributed by atoms with E-state index in [1.165, 1.54) is 13.2 Å². The van der Waals surface area contributed by atoms with Crippen LogP contribution in [-0.4, -0.2) is 42.5 Å². The molecule has 1 fully saturated rings. The van der Waals surface area contributed by atoms with Gasteiger partial charge in [-0.3, -0.25) is 15.0 Å². The molecule has 1 aliphatic heterocycles. The molecule has 30 heavy (non-hydrogen) atoms. The second-order valence-electron chi connectivity index (χ2n) is 6.54. The van der Waals surface area contributed by atoms with E-state index >= 15 is 0 Å². The van der Waals surface area contributed by atoms with Crippen molar-refractivity contribution in [1.82, 2.24) is 15.8 Å². The van der Waals surface area contributed by atoms with Crippen molar-refractivity contribution in [2.24, 2.45) is 0 Å². The molecule has 0 radical (unpaired) electrons. The number of hydrazine groups is 1. The molecule has 2 N–H and O–H groups in total. The summed E-state index contributed by atoms with van der Waals surface area (Å²) in [6, 6.07) is 14.2. The second kappa shape index (κ2) is 8.64. The van der Waals surface area contributed by atoms with Crippen LogP contribution in [0, 0.1) is 0 Å². The lowest BCUT2D eigenvalue weighted by molar-refractivity contribution is -0.140. The number of rotatable bonds is 7. The van der Waals surface area contributed by atoms with Gasteiger partial charge in [0.25, 0.3) is 11.8 Å². The fourth-order valence-corrected chi connectivity index (χ4v) is 3.18. The lowest BCUT2D eigenvalue weighted by atomic mass is 9.87. The molecule has 3 rings (SSSR count). The molecule has 156 valence electrons. The summed E-state index contributed by atoms with van der Waals surface area (Å²) in [5, 5.41) is 3.33. The smallest absolute Gasteiger partial charge is 0.344 e. The Morgan fingerprint density at radius 3 is 2.50 bits per heavy atom. The van der Waals surface area contributed by atoms with Crippen LogP contribution in [0.15, 0.2) is 54.6 Å². The molecule has 1 aliphatic rings. The van der Waals surface area contributed by atoms with E-state index in [1.807, 2.05) is 0 Å². The number of carbonyl (C=O) groups is 4. The molecule has 0 aromatic heterocycles. The van der Waals surface area contributed by atoms with Crippen LogP contribution in [0.25, 0.3) is 0 Å². The SMILES string of the molecule is CC[C@]1(c2ccccc2)NC(=O)N(NC(=O)COc2cccc(C(=O)OC)c2)C1=O. The summed E-state index contributed by atoms with van der Waals surface area (Å²) in [7, 11) is 1.26. The topological polar surface area (TPSA) is 114 Å². The summed E-state index contributed by atoms with van der Waals surface area (Å²) in [6.07, 6.45) is 0.310.